The minimum Gasteiger partial charge on any atom is -0.397 e. The van der Waals surface area contributed by atoms with Crippen LogP contribution in [-0.2, 0) is 0 Å². The number of nitrogens with zero attached hydrogens (tertiary/aromatic N) is 2. The van der Waals surface area contributed by atoms with Crippen LogP contribution in [0.4, 0.5) is 11.4 Å². The molecule has 16 heavy (non-hydrogen) atoms. The molecule has 6 heteroatoms. The minimum atomic E-state index is 0.261. The lowest BCUT2D eigenvalue weighted by molar-refractivity contribution is 1.18. The predicted molar refractivity (Wildman–Crippen MR) is 66.3 cm³/mol. The number of aromatic nitrogens is 2. The lowest BCUT2D eigenvalue weighted by atomic mass is 10.1. The lowest BCUT2D eigenvalue weighted by Gasteiger charge is -2.07. The average molecular weight is 255 g/mol. The van der Waals surface area contributed by atoms with E-state index in [0.29, 0.717) is 22.8 Å². The van der Waals surface area contributed by atoms with Crippen molar-refractivity contribution in [3.63, 3.8) is 0 Å². The van der Waals surface area contributed by atoms with E-state index >= 15 is 0 Å². The molecule has 0 bridgehead atoms. The van der Waals surface area contributed by atoms with Gasteiger partial charge in [-0.1, -0.05) is 29.3 Å². The molecule has 1 heterocycles. The van der Waals surface area contributed by atoms with E-state index in [9.17, 15) is 0 Å². The van der Waals surface area contributed by atoms with E-state index in [1.165, 1.54) is 6.07 Å². The molecule has 0 unspecified atom stereocenters. The van der Waals surface area contributed by atoms with E-state index in [1.807, 2.05) is 0 Å². The molecule has 4 N–H and O–H groups in total. The smallest absolute Gasteiger partial charge is 0.164 e. The molecule has 2 rings (SSSR count). The first kappa shape index (κ1) is 11.0. The van der Waals surface area contributed by atoms with Gasteiger partial charge in [0.1, 0.15) is 10.3 Å². The molecular formula is C10H8Cl2N4. The van der Waals surface area contributed by atoms with Gasteiger partial charge >= 0.3 is 0 Å². The van der Waals surface area contributed by atoms with Crippen LogP contribution in [0.5, 0.6) is 0 Å². The maximum absolute atomic E-state index is 5.82. The van der Waals surface area contributed by atoms with Crippen LogP contribution in [0.15, 0.2) is 24.3 Å². The summed E-state index contributed by atoms with van der Waals surface area (Å²) in [6.45, 7) is 0. The molecular weight excluding hydrogens is 247 g/mol. The molecule has 0 amide bonds. The van der Waals surface area contributed by atoms with E-state index in [-0.39, 0.29) is 10.3 Å². The van der Waals surface area contributed by atoms with E-state index in [2.05, 4.69) is 9.97 Å². The highest BCUT2D eigenvalue weighted by atomic mass is 35.5. The molecule has 4 nitrogen and oxygen atoms in total. The third-order valence-electron chi connectivity index (χ3n) is 2.04. The number of nitrogen functional groups attached to an aromatic ring is 2. The summed E-state index contributed by atoms with van der Waals surface area (Å²) in [5.74, 6) is 0.363. The van der Waals surface area contributed by atoms with Crippen molar-refractivity contribution in [2.75, 3.05) is 11.5 Å². The number of para-hydroxylation sites is 1. The molecule has 0 fully saturated rings. The first-order chi connectivity index (χ1) is 7.58. The molecule has 0 atom stereocenters. The first-order valence-corrected chi connectivity index (χ1v) is 5.18. The lowest BCUT2D eigenvalue weighted by Crippen LogP contribution is -1.99. The van der Waals surface area contributed by atoms with Gasteiger partial charge in [-0.3, -0.25) is 0 Å². The summed E-state index contributed by atoms with van der Waals surface area (Å²) in [7, 11) is 0. The molecule has 0 spiro atoms. The van der Waals surface area contributed by atoms with E-state index in [4.69, 9.17) is 34.7 Å². The van der Waals surface area contributed by atoms with Crippen molar-refractivity contribution in [1.82, 2.24) is 9.97 Å². The molecule has 0 radical (unpaired) electrons. The van der Waals surface area contributed by atoms with Crippen molar-refractivity contribution >= 4 is 34.6 Å². The van der Waals surface area contributed by atoms with Crippen LogP contribution in [0.25, 0.3) is 11.4 Å². The van der Waals surface area contributed by atoms with Crippen molar-refractivity contribution in [2.24, 2.45) is 0 Å². The highest BCUT2D eigenvalue weighted by molar-refractivity contribution is 6.33. The Hall–Kier alpha value is -1.52. The summed E-state index contributed by atoms with van der Waals surface area (Å²) in [6, 6.07) is 6.67. The summed E-state index contributed by atoms with van der Waals surface area (Å²) in [5.41, 5.74) is 13.0. The monoisotopic (exact) mass is 254 g/mol. The number of rotatable bonds is 1. The maximum Gasteiger partial charge on any atom is 0.164 e. The van der Waals surface area contributed by atoms with Gasteiger partial charge < -0.3 is 11.5 Å². The van der Waals surface area contributed by atoms with Crippen LogP contribution in [0.1, 0.15) is 0 Å². The molecule has 0 saturated heterocycles. The number of nitrogens with two attached hydrogens (primary N) is 2. The fourth-order valence-corrected chi connectivity index (χ4v) is 1.71. The van der Waals surface area contributed by atoms with Gasteiger partial charge in [-0.15, -0.1) is 0 Å². The largest absolute Gasteiger partial charge is 0.397 e. The molecule has 0 aliphatic heterocycles. The number of halogens is 2. The number of anilines is 2. The van der Waals surface area contributed by atoms with Crippen molar-refractivity contribution in [1.29, 1.82) is 0 Å². The highest BCUT2D eigenvalue weighted by Gasteiger charge is 2.09. The van der Waals surface area contributed by atoms with Crippen molar-refractivity contribution in [2.45, 2.75) is 0 Å². The van der Waals surface area contributed by atoms with Crippen LogP contribution < -0.4 is 11.5 Å². The Morgan fingerprint density at radius 1 is 1.00 bits per heavy atom. The Morgan fingerprint density at radius 2 is 1.62 bits per heavy atom. The Balaban J connectivity index is 2.63. The molecule has 82 valence electrons. The number of hydrogen-bond donors (Lipinski definition) is 2. The third-order valence-corrected chi connectivity index (χ3v) is 2.43. The van der Waals surface area contributed by atoms with Gasteiger partial charge in [0.05, 0.1) is 11.4 Å². The standard InChI is InChI=1S/C10H8Cl2N4/c11-7-4-8(12)16-10(15-7)5-2-1-3-6(13)9(5)14/h1-4H,13-14H2. The van der Waals surface area contributed by atoms with E-state index in [1.54, 1.807) is 18.2 Å². The van der Waals surface area contributed by atoms with Crippen LogP contribution in [-0.4, -0.2) is 9.97 Å². The second kappa shape index (κ2) is 4.15. The van der Waals surface area contributed by atoms with Crippen LogP contribution in [0, 0.1) is 0 Å². The summed E-state index contributed by atoms with van der Waals surface area (Å²) in [4.78, 5) is 8.08. The SMILES string of the molecule is Nc1cccc(-c2nc(Cl)cc(Cl)n2)c1N. The normalized spacial score (nSPS) is 10.4. The van der Waals surface area contributed by atoms with Crippen molar-refractivity contribution in [3.05, 3.63) is 34.6 Å². The summed E-state index contributed by atoms with van der Waals surface area (Å²) in [6.07, 6.45) is 0. The van der Waals surface area contributed by atoms with E-state index in [0.717, 1.165) is 0 Å². The topological polar surface area (TPSA) is 77.8 Å². The Labute approximate surface area is 102 Å². The molecule has 2 aromatic rings. The second-order valence-corrected chi connectivity index (χ2v) is 3.92. The van der Waals surface area contributed by atoms with Gasteiger partial charge in [-0.05, 0) is 12.1 Å². The zero-order valence-corrected chi connectivity index (χ0v) is 9.63. The zero-order chi connectivity index (χ0) is 11.7. The molecule has 0 aliphatic carbocycles. The van der Waals surface area contributed by atoms with Crippen molar-refractivity contribution < 1.29 is 0 Å². The average Bonchev–Trinajstić information content (AvgIpc) is 2.20. The molecule has 1 aromatic heterocycles. The maximum atomic E-state index is 5.82. The Morgan fingerprint density at radius 3 is 2.25 bits per heavy atom. The molecule has 0 saturated carbocycles. The number of benzene rings is 1. The van der Waals surface area contributed by atoms with Gasteiger partial charge in [-0.2, -0.15) is 0 Å². The van der Waals surface area contributed by atoms with Crippen molar-refractivity contribution in [3.8, 4) is 11.4 Å². The summed E-state index contributed by atoms with van der Waals surface area (Å²) in [5, 5.41) is 0.522. The van der Waals surface area contributed by atoms with Crippen LogP contribution in [0.2, 0.25) is 10.3 Å². The summed E-state index contributed by atoms with van der Waals surface area (Å²) >= 11 is 11.6. The second-order valence-electron chi connectivity index (χ2n) is 3.15. The minimum absolute atomic E-state index is 0.261. The van der Waals surface area contributed by atoms with Gasteiger partial charge in [0.15, 0.2) is 5.82 Å². The Kier molecular flexibility index (Phi) is 2.85. The Bertz CT molecular complexity index is 522. The number of hydrogen-bond acceptors (Lipinski definition) is 4. The highest BCUT2D eigenvalue weighted by Crippen LogP contribution is 2.29. The van der Waals surface area contributed by atoms with Crippen LogP contribution in [0.3, 0.4) is 0 Å². The quantitative estimate of drug-likeness (QED) is 0.606. The third kappa shape index (κ3) is 2.03. The van der Waals surface area contributed by atoms with Gasteiger partial charge in [-0.25, -0.2) is 9.97 Å². The van der Waals surface area contributed by atoms with Crippen LogP contribution >= 0.6 is 23.2 Å². The zero-order valence-electron chi connectivity index (χ0n) is 8.11. The summed E-state index contributed by atoms with van der Waals surface area (Å²) < 4.78 is 0. The predicted octanol–water partition coefficient (Wildman–Crippen LogP) is 2.61. The molecule has 0 aliphatic rings. The fourth-order valence-electron chi connectivity index (χ4n) is 1.29. The van der Waals surface area contributed by atoms with E-state index < -0.39 is 0 Å². The molecule has 1 aromatic carbocycles. The fraction of sp³-hybridized carbons (Fsp3) is 0. The van der Waals surface area contributed by atoms with Gasteiger partial charge in [0.25, 0.3) is 0 Å². The van der Waals surface area contributed by atoms with Gasteiger partial charge in [0, 0.05) is 11.6 Å². The first-order valence-electron chi connectivity index (χ1n) is 4.42. The van der Waals surface area contributed by atoms with Gasteiger partial charge in [0.2, 0.25) is 0 Å².